The van der Waals surface area contributed by atoms with Crippen LogP contribution in [0.2, 0.25) is 5.02 Å². The number of hydrogen-bond acceptors (Lipinski definition) is 2. The predicted octanol–water partition coefficient (Wildman–Crippen LogP) is 3.37. The highest BCUT2D eigenvalue weighted by Gasteiger charge is 2.13. The molecule has 2 aromatic rings. The van der Waals surface area contributed by atoms with E-state index in [0.29, 0.717) is 17.9 Å². The number of aliphatic hydroxyl groups is 1. The first-order valence-electron chi connectivity index (χ1n) is 6.99. The van der Waals surface area contributed by atoms with Gasteiger partial charge in [0, 0.05) is 17.8 Å². The van der Waals surface area contributed by atoms with Gasteiger partial charge in [0.25, 0.3) is 0 Å². The van der Waals surface area contributed by atoms with E-state index in [2.05, 4.69) is 5.10 Å². The lowest BCUT2D eigenvalue weighted by Gasteiger charge is -2.12. The van der Waals surface area contributed by atoms with E-state index >= 15 is 0 Å². The standard InChI is InChI=1S/C16H20ClFN2O/c1-10-15(11(2)20(3)19-10)7-6-14(21)8-12-4-5-13(18)9-16(12)17/h4-5,9,14,21H,6-8H2,1-3H3. The van der Waals surface area contributed by atoms with Gasteiger partial charge in [-0.3, -0.25) is 4.68 Å². The van der Waals surface area contributed by atoms with Crippen LogP contribution < -0.4 is 0 Å². The molecule has 1 unspecified atom stereocenters. The minimum atomic E-state index is -0.507. The molecule has 0 radical (unpaired) electrons. The summed E-state index contributed by atoms with van der Waals surface area (Å²) in [6, 6.07) is 4.27. The number of aromatic nitrogens is 2. The molecule has 0 saturated heterocycles. The van der Waals surface area contributed by atoms with Crippen molar-refractivity contribution in [2.24, 2.45) is 7.05 Å². The lowest BCUT2D eigenvalue weighted by molar-refractivity contribution is 0.165. The Labute approximate surface area is 129 Å². The van der Waals surface area contributed by atoms with Crippen molar-refractivity contribution < 1.29 is 9.50 Å². The van der Waals surface area contributed by atoms with Gasteiger partial charge in [-0.25, -0.2) is 4.39 Å². The van der Waals surface area contributed by atoms with Gasteiger partial charge in [0.15, 0.2) is 0 Å². The van der Waals surface area contributed by atoms with Crippen LogP contribution in [0.25, 0.3) is 0 Å². The van der Waals surface area contributed by atoms with Crippen molar-refractivity contribution in [3.8, 4) is 0 Å². The molecule has 0 aliphatic carbocycles. The maximum Gasteiger partial charge on any atom is 0.124 e. The largest absolute Gasteiger partial charge is 0.393 e. The molecule has 0 amide bonds. The first-order chi connectivity index (χ1) is 9.88. The topological polar surface area (TPSA) is 38.0 Å². The Kier molecular flexibility index (Phi) is 5.01. The summed E-state index contributed by atoms with van der Waals surface area (Å²) in [7, 11) is 1.92. The molecule has 0 aliphatic heterocycles. The van der Waals surface area contributed by atoms with E-state index in [1.54, 1.807) is 6.07 Å². The Morgan fingerprint density at radius 3 is 2.67 bits per heavy atom. The van der Waals surface area contributed by atoms with Gasteiger partial charge in [-0.15, -0.1) is 0 Å². The van der Waals surface area contributed by atoms with Crippen LogP contribution in [0, 0.1) is 19.7 Å². The number of benzene rings is 1. The van der Waals surface area contributed by atoms with Crippen molar-refractivity contribution in [3.05, 3.63) is 51.6 Å². The van der Waals surface area contributed by atoms with E-state index in [1.807, 2.05) is 25.6 Å². The van der Waals surface area contributed by atoms with Gasteiger partial charge in [0.05, 0.1) is 11.8 Å². The highest BCUT2D eigenvalue weighted by atomic mass is 35.5. The van der Waals surface area contributed by atoms with Crippen LogP contribution in [0.1, 0.15) is 28.9 Å². The average molecular weight is 311 g/mol. The smallest absolute Gasteiger partial charge is 0.124 e. The molecule has 1 heterocycles. The Morgan fingerprint density at radius 2 is 2.10 bits per heavy atom. The van der Waals surface area contributed by atoms with Crippen LogP contribution in [-0.2, 0) is 19.9 Å². The van der Waals surface area contributed by atoms with Gasteiger partial charge < -0.3 is 5.11 Å². The molecule has 3 nitrogen and oxygen atoms in total. The Morgan fingerprint density at radius 1 is 1.38 bits per heavy atom. The number of aliphatic hydroxyl groups excluding tert-OH is 1. The zero-order chi connectivity index (χ0) is 15.6. The van der Waals surface area contributed by atoms with Crippen molar-refractivity contribution >= 4 is 11.6 Å². The minimum Gasteiger partial charge on any atom is -0.393 e. The van der Waals surface area contributed by atoms with Gasteiger partial charge >= 0.3 is 0 Å². The number of aryl methyl sites for hydroxylation is 2. The van der Waals surface area contributed by atoms with Crippen LogP contribution >= 0.6 is 11.6 Å². The lowest BCUT2D eigenvalue weighted by atomic mass is 10.0. The third-order valence-corrected chi connectivity index (χ3v) is 4.21. The molecule has 0 saturated carbocycles. The van der Waals surface area contributed by atoms with Crippen LogP contribution in [-0.4, -0.2) is 21.0 Å². The maximum atomic E-state index is 13.0. The van der Waals surface area contributed by atoms with Crippen LogP contribution in [0.4, 0.5) is 4.39 Å². The molecule has 0 aliphatic rings. The fraction of sp³-hybridized carbons (Fsp3) is 0.438. The van der Waals surface area contributed by atoms with E-state index in [4.69, 9.17) is 11.6 Å². The summed E-state index contributed by atoms with van der Waals surface area (Å²) in [5.41, 5.74) is 4.08. The summed E-state index contributed by atoms with van der Waals surface area (Å²) in [4.78, 5) is 0. The van der Waals surface area contributed by atoms with Crippen molar-refractivity contribution in [2.75, 3.05) is 0 Å². The molecule has 114 valence electrons. The molecule has 1 N–H and O–H groups in total. The van der Waals surface area contributed by atoms with Gasteiger partial charge in [0.1, 0.15) is 5.82 Å². The molecule has 0 spiro atoms. The second-order valence-electron chi connectivity index (χ2n) is 5.41. The van der Waals surface area contributed by atoms with Crippen molar-refractivity contribution in [3.63, 3.8) is 0 Å². The lowest BCUT2D eigenvalue weighted by Crippen LogP contribution is -2.12. The molecule has 0 fully saturated rings. The van der Waals surface area contributed by atoms with Crippen LogP contribution in [0.5, 0.6) is 0 Å². The molecule has 1 atom stereocenters. The molecule has 5 heteroatoms. The fourth-order valence-corrected chi connectivity index (χ4v) is 2.78. The van der Waals surface area contributed by atoms with E-state index in [9.17, 15) is 9.50 Å². The van der Waals surface area contributed by atoms with Gasteiger partial charge in [-0.05, 0) is 56.4 Å². The van der Waals surface area contributed by atoms with E-state index < -0.39 is 6.10 Å². The molecular formula is C16H20ClFN2O. The third-order valence-electron chi connectivity index (χ3n) is 3.86. The highest BCUT2D eigenvalue weighted by Crippen LogP contribution is 2.21. The Balaban J connectivity index is 1.97. The molecule has 1 aromatic heterocycles. The fourth-order valence-electron chi connectivity index (χ4n) is 2.53. The van der Waals surface area contributed by atoms with E-state index in [0.717, 1.165) is 23.4 Å². The van der Waals surface area contributed by atoms with E-state index in [-0.39, 0.29) is 5.82 Å². The molecule has 21 heavy (non-hydrogen) atoms. The zero-order valence-electron chi connectivity index (χ0n) is 12.5. The summed E-state index contributed by atoms with van der Waals surface area (Å²) in [5.74, 6) is -0.361. The zero-order valence-corrected chi connectivity index (χ0v) is 13.3. The first-order valence-corrected chi connectivity index (χ1v) is 7.37. The second kappa shape index (κ2) is 6.58. The normalized spacial score (nSPS) is 12.7. The third kappa shape index (κ3) is 3.83. The number of nitrogens with zero attached hydrogens (tertiary/aromatic N) is 2. The Hall–Kier alpha value is -1.39. The SMILES string of the molecule is Cc1nn(C)c(C)c1CCC(O)Cc1ccc(F)cc1Cl. The quantitative estimate of drug-likeness (QED) is 0.919. The van der Waals surface area contributed by atoms with Gasteiger partial charge in [0.2, 0.25) is 0 Å². The summed E-state index contributed by atoms with van der Waals surface area (Å²) >= 11 is 5.98. The number of halogens is 2. The predicted molar refractivity (Wildman–Crippen MR) is 82.1 cm³/mol. The Bertz CT molecular complexity index is 639. The summed E-state index contributed by atoms with van der Waals surface area (Å²) < 4.78 is 14.8. The molecule has 0 bridgehead atoms. The summed E-state index contributed by atoms with van der Waals surface area (Å²) in [6.07, 6.45) is 1.32. The van der Waals surface area contributed by atoms with E-state index in [1.165, 1.54) is 17.7 Å². The highest BCUT2D eigenvalue weighted by molar-refractivity contribution is 6.31. The molecule has 2 rings (SSSR count). The van der Waals surface area contributed by atoms with Crippen molar-refractivity contribution in [1.29, 1.82) is 0 Å². The first kappa shape index (κ1) is 16.0. The number of rotatable bonds is 5. The number of hydrogen-bond donors (Lipinski definition) is 1. The monoisotopic (exact) mass is 310 g/mol. The van der Waals surface area contributed by atoms with Crippen molar-refractivity contribution in [2.45, 2.75) is 39.2 Å². The minimum absolute atomic E-state index is 0.361. The molecule has 1 aromatic carbocycles. The van der Waals surface area contributed by atoms with Gasteiger partial charge in [-0.1, -0.05) is 17.7 Å². The second-order valence-corrected chi connectivity index (χ2v) is 5.81. The van der Waals surface area contributed by atoms with Crippen molar-refractivity contribution in [1.82, 2.24) is 9.78 Å². The summed E-state index contributed by atoms with van der Waals surface area (Å²) in [5, 5.41) is 14.9. The average Bonchev–Trinajstić information content (AvgIpc) is 2.65. The van der Waals surface area contributed by atoms with Crippen LogP contribution in [0.15, 0.2) is 18.2 Å². The molecular weight excluding hydrogens is 291 g/mol. The van der Waals surface area contributed by atoms with Gasteiger partial charge in [-0.2, -0.15) is 5.10 Å². The summed E-state index contributed by atoms with van der Waals surface area (Å²) in [6.45, 7) is 4.00. The maximum absolute atomic E-state index is 13.0. The van der Waals surface area contributed by atoms with Crippen LogP contribution in [0.3, 0.4) is 0 Å².